The van der Waals surface area contributed by atoms with Gasteiger partial charge in [-0.2, -0.15) is 0 Å². The molecule has 0 saturated carbocycles. The monoisotopic (exact) mass is 190 g/mol. The number of ether oxygens (including phenoxy) is 2. The van der Waals surface area contributed by atoms with E-state index in [2.05, 4.69) is 6.92 Å². The molecule has 0 aromatic rings. The van der Waals surface area contributed by atoms with Gasteiger partial charge in [0.05, 0.1) is 18.8 Å². The number of aliphatic hydroxyl groups is 1. The molecule has 80 valence electrons. The van der Waals surface area contributed by atoms with Gasteiger partial charge in [0.2, 0.25) is 0 Å². The van der Waals surface area contributed by atoms with Crippen LogP contribution in [0.4, 0.5) is 0 Å². The zero-order chi connectivity index (χ0) is 10.3. The molecule has 0 heterocycles. The maximum atomic E-state index is 9.64. The molecule has 0 bridgehead atoms. The van der Waals surface area contributed by atoms with Crippen LogP contribution in [0.3, 0.4) is 0 Å². The Morgan fingerprint density at radius 1 is 1.31 bits per heavy atom. The molecule has 3 nitrogen and oxygen atoms in total. The van der Waals surface area contributed by atoms with Crippen LogP contribution in [0, 0.1) is 0 Å². The van der Waals surface area contributed by atoms with E-state index < -0.39 is 6.10 Å². The molecule has 0 aliphatic carbocycles. The smallest absolute Gasteiger partial charge is 0.103 e. The predicted octanol–water partition coefficient (Wildman–Crippen LogP) is 1.59. The van der Waals surface area contributed by atoms with Gasteiger partial charge in [-0.05, 0) is 20.3 Å². The molecule has 0 radical (unpaired) electrons. The molecule has 0 fully saturated rings. The van der Waals surface area contributed by atoms with Crippen LogP contribution in [0.1, 0.15) is 33.6 Å². The van der Waals surface area contributed by atoms with Crippen LogP contribution >= 0.6 is 0 Å². The topological polar surface area (TPSA) is 38.7 Å². The fourth-order valence-electron chi connectivity index (χ4n) is 1.15. The molecule has 2 unspecified atom stereocenters. The van der Waals surface area contributed by atoms with Gasteiger partial charge in [-0.25, -0.2) is 0 Å². The van der Waals surface area contributed by atoms with Gasteiger partial charge >= 0.3 is 0 Å². The lowest BCUT2D eigenvalue weighted by Crippen LogP contribution is -2.33. The lowest BCUT2D eigenvalue weighted by atomic mass is 10.1. The first-order valence-corrected chi connectivity index (χ1v) is 4.94. The van der Waals surface area contributed by atoms with Gasteiger partial charge < -0.3 is 14.6 Å². The van der Waals surface area contributed by atoms with Gasteiger partial charge in [0, 0.05) is 7.11 Å². The molecule has 0 aromatic carbocycles. The van der Waals surface area contributed by atoms with Crippen molar-refractivity contribution >= 4 is 0 Å². The summed E-state index contributed by atoms with van der Waals surface area (Å²) in [6.45, 7) is 6.33. The molecule has 1 N–H and O–H groups in total. The molecule has 2 atom stereocenters. The summed E-state index contributed by atoms with van der Waals surface area (Å²) in [6.07, 6.45) is 1.45. The Balaban J connectivity index is 3.69. The summed E-state index contributed by atoms with van der Waals surface area (Å²) in [5.41, 5.74) is 0. The summed E-state index contributed by atoms with van der Waals surface area (Å²) in [5, 5.41) is 9.64. The zero-order valence-electron chi connectivity index (χ0n) is 9.12. The third-order valence-electron chi connectivity index (χ3n) is 1.91. The summed E-state index contributed by atoms with van der Waals surface area (Å²) in [7, 11) is 1.62. The van der Waals surface area contributed by atoms with E-state index in [0.29, 0.717) is 6.61 Å². The normalized spacial score (nSPS) is 16.2. The molecule has 0 spiro atoms. The highest BCUT2D eigenvalue weighted by Crippen LogP contribution is 2.07. The van der Waals surface area contributed by atoms with Gasteiger partial charge in [0.15, 0.2) is 0 Å². The average Bonchev–Trinajstić information content (AvgIpc) is 2.10. The van der Waals surface area contributed by atoms with Gasteiger partial charge in [-0.1, -0.05) is 13.3 Å². The van der Waals surface area contributed by atoms with Gasteiger partial charge in [0.1, 0.15) is 6.10 Å². The molecule has 0 amide bonds. The van der Waals surface area contributed by atoms with Crippen molar-refractivity contribution in [2.24, 2.45) is 0 Å². The Bertz CT molecular complexity index is 115. The highest BCUT2D eigenvalue weighted by molar-refractivity contribution is 4.67. The molecule has 0 aliphatic rings. The summed E-state index contributed by atoms with van der Waals surface area (Å²) in [6, 6.07) is 0. The highest BCUT2D eigenvalue weighted by Gasteiger charge is 2.17. The van der Waals surface area contributed by atoms with Crippen LogP contribution in [0.25, 0.3) is 0 Å². The summed E-state index contributed by atoms with van der Waals surface area (Å²) in [4.78, 5) is 0. The number of methoxy groups -OCH3 is 1. The van der Waals surface area contributed by atoms with Crippen LogP contribution < -0.4 is 0 Å². The first kappa shape index (κ1) is 12.9. The van der Waals surface area contributed by atoms with Crippen molar-refractivity contribution in [3.05, 3.63) is 0 Å². The SMILES string of the molecule is CCCC(OC)C(O)COC(C)C. The van der Waals surface area contributed by atoms with E-state index in [4.69, 9.17) is 9.47 Å². The lowest BCUT2D eigenvalue weighted by Gasteiger charge is -2.21. The zero-order valence-corrected chi connectivity index (χ0v) is 9.12. The van der Waals surface area contributed by atoms with Crippen LogP contribution in [-0.4, -0.2) is 37.1 Å². The predicted molar refractivity (Wildman–Crippen MR) is 52.8 cm³/mol. The van der Waals surface area contributed by atoms with Crippen molar-refractivity contribution in [1.29, 1.82) is 0 Å². The van der Waals surface area contributed by atoms with E-state index in [1.165, 1.54) is 0 Å². The number of hydrogen-bond donors (Lipinski definition) is 1. The Morgan fingerprint density at radius 2 is 1.92 bits per heavy atom. The molecule has 0 rings (SSSR count). The minimum absolute atomic E-state index is 0.0938. The summed E-state index contributed by atoms with van der Waals surface area (Å²) in [5.74, 6) is 0. The van der Waals surface area contributed by atoms with Crippen molar-refractivity contribution in [2.75, 3.05) is 13.7 Å². The number of hydrogen-bond acceptors (Lipinski definition) is 3. The van der Waals surface area contributed by atoms with Crippen molar-refractivity contribution in [2.45, 2.75) is 51.9 Å². The highest BCUT2D eigenvalue weighted by atomic mass is 16.5. The number of aliphatic hydroxyl groups excluding tert-OH is 1. The lowest BCUT2D eigenvalue weighted by molar-refractivity contribution is -0.0702. The molecule has 3 heteroatoms. The van der Waals surface area contributed by atoms with Crippen LogP contribution in [-0.2, 0) is 9.47 Å². The maximum absolute atomic E-state index is 9.64. The Morgan fingerprint density at radius 3 is 2.31 bits per heavy atom. The largest absolute Gasteiger partial charge is 0.388 e. The van der Waals surface area contributed by atoms with Crippen LogP contribution in [0.5, 0.6) is 0 Å². The third-order valence-corrected chi connectivity index (χ3v) is 1.91. The Kier molecular flexibility index (Phi) is 7.23. The molecule has 0 aromatic heterocycles. The first-order valence-electron chi connectivity index (χ1n) is 4.94. The van der Waals surface area contributed by atoms with E-state index in [9.17, 15) is 5.11 Å². The second-order valence-corrected chi connectivity index (χ2v) is 3.51. The fraction of sp³-hybridized carbons (Fsp3) is 1.00. The van der Waals surface area contributed by atoms with Crippen molar-refractivity contribution in [3.8, 4) is 0 Å². The van der Waals surface area contributed by atoms with E-state index in [1.54, 1.807) is 7.11 Å². The van der Waals surface area contributed by atoms with Crippen LogP contribution in [0.15, 0.2) is 0 Å². The van der Waals surface area contributed by atoms with E-state index >= 15 is 0 Å². The average molecular weight is 190 g/mol. The van der Waals surface area contributed by atoms with E-state index in [1.807, 2.05) is 13.8 Å². The second kappa shape index (κ2) is 7.30. The molecular formula is C10H22O3. The first-order chi connectivity index (χ1) is 6.11. The molecular weight excluding hydrogens is 168 g/mol. The van der Waals surface area contributed by atoms with Crippen LogP contribution in [0.2, 0.25) is 0 Å². The third kappa shape index (κ3) is 6.02. The Labute approximate surface area is 81.0 Å². The van der Waals surface area contributed by atoms with Crippen molar-refractivity contribution in [3.63, 3.8) is 0 Å². The minimum atomic E-state index is -0.507. The van der Waals surface area contributed by atoms with Gasteiger partial charge in [0.25, 0.3) is 0 Å². The van der Waals surface area contributed by atoms with Gasteiger partial charge in [-0.3, -0.25) is 0 Å². The van der Waals surface area contributed by atoms with E-state index in [0.717, 1.165) is 12.8 Å². The Hall–Kier alpha value is -0.120. The van der Waals surface area contributed by atoms with E-state index in [-0.39, 0.29) is 12.2 Å². The molecule has 13 heavy (non-hydrogen) atoms. The summed E-state index contributed by atoms with van der Waals surface area (Å²) >= 11 is 0. The molecule has 0 aliphatic heterocycles. The van der Waals surface area contributed by atoms with Crippen molar-refractivity contribution < 1.29 is 14.6 Å². The minimum Gasteiger partial charge on any atom is -0.388 e. The van der Waals surface area contributed by atoms with Crippen molar-refractivity contribution in [1.82, 2.24) is 0 Å². The number of rotatable bonds is 7. The van der Waals surface area contributed by atoms with Gasteiger partial charge in [-0.15, -0.1) is 0 Å². The quantitative estimate of drug-likeness (QED) is 0.662. The maximum Gasteiger partial charge on any atom is 0.103 e. The fourth-order valence-corrected chi connectivity index (χ4v) is 1.15. The second-order valence-electron chi connectivity index (χ2n) is 3.51. The summed E-state index contributed by atoms with van der Waals surface area (Å²) < 4.78 is 10.5. The molecule has 0 saturated heterocycles. The standard InChI is InChI=1S/C10H22O3/c1-5-6-10(12-4)9(11)7-13-8(2)3/h8-11H,5-7H2,1-4H3.